The molecule has 0 radical (unpaired) electrons. The Kier molecular flexibility index (Phi) is 5.51. The molecule has 2 heterocycles. The predicted molar refractivity (Wildman–Crippen MR) is 119 cm³/mol. The van der Waals surface area contributed by atoms with Crippen LogP contribution >= 0.6 is 0 Å². The number of carbonyl (C=O) groups is 2. The van der Waals surface area contributed by atoms with Crippen molar-refractivity contribution in [1.82, 2.24) is 19.4 Å². The largest absolute Gasteiger partial charge is 0.339 e. The SMILES string of the molecule is O=C(c1cc(Cn2c(=O)[nH]c(=O)c3c(F)cccc32)ccc1F)N1CCN(C(=O)C2CC2)CC1. The lowest BCUT2D eigenvalue weighted by Crippen LogP contribution is -2.51. The van der Waals surface area contributed by atoms with Gasteiger partial charge in [0.05, 0.1) is 23.0 Å². The number of amides is 2. The number of benzene rings is 2. The molecule has 2 amide bonds. The molecule has 0 spiro atoms. The summed E-state index contributed by atoms with van der Waals surface area (Å²) in [5.74, 6) is -1.73. The Labute approximate surface area is 192 Å². The minimum atomic E-state index is -0.830. The normalized spacial score (nSPS) is 16.2. The summed E-state index contributed by atoms with van der Waals surface area (Å²) in [6, 6.07) is 7.91. The number of piperazine rings is 1. The van der Waals surface area contributed by atoms with E-state index in [0.717, 1.165) is 25.0 Å². The number of aromatic amines is 1. The number of hydrogen-bond donors (Lipinski definition) is 1. The van der Waals surface area contributed by atoms with Crippen molar-refractivity contribution in [3.05, 3.63) is 80.0 Å². The summed E-state index contributed by atoms with van der Waals surface area (Å²) in [4.78, 5) is 55.1. The maximum absolute atomic E-state index is 14.6. The first-order valence-electron chi connectivity index (χ1n) is 11.1. The molecule has 1 saturated carbocycles. The van der Waals surface area contributed by atoms with Crippen LogP contribution in [0.1, 0.15) is 28.8 Å². The van der Waals surface area contributed by atoms with Crippen molar-refractivity contribution in [2.45, 2.75) is 19.4 Å². The fourth-order valence-corrected chi connectivity index (χ4v) is 4.36. The van der Waals surface area contributed by atoms with Crippen molar-refractivity contribution < 1.29 is 18.4 Å². The average molecular weight is 468 g/mol. The lowest BCUT2D eigenvalue weighted by molar-refractivity contribution is -0.134. The second-order valence-corrected chi connectivity index (χ2v) is 8.69. The number of H-pyrrole nitrogens is 1. The van der Waals surface area contributed by atoms with Gasteiger partial charge in [0.25, 0.3) is 11.5 Å². The van der Waals surface area contributed by atoms with Gasteiger partial charge >= 0.3 is 5.69 Å². The molecule has 176 valence electrons. The Morgan fingerprint density at radius 1 is 0.941 bits per heavy atom. The maximum atomic E-state index is 14.6. The number of nitrogens with one attached hydrogen (secondary N) is 1. The average Bonchev–Trinajstić information content (AvgIpc) is 3.67. The number of nitrogens with zero attached hydrogens (tertiary/aromatic N) is 3. The number of aromatic nitrogens is 2. The molecule has 2 aliphatic rings. The molecule has 1 N–H and O–H groups in total. The number of carbonyl (C=O) groups excluding carboxylic acids is 2. The highest BCUT2D eigenvalue weighted by Gasteiger charge is 2.35. The summed E-state index contributed by atoms with van der Waals surface area (Å²) in [6.45, 7) is 1.34. The molecule has 3 aromatic rings. The quantitative estimate of drug-likeness (QED) is 0.631. The third-order valence-corrected chi connectivity index (χ3v) is 6.38. The van der Waals surface area contributed by atoms with Crippen LogP contribution < -0.4 is 11.2 Å². The number of halogens is 2. The summed E-state index contributed by atoms with van der Waals surface area (Å²) in [7, 11) is 0. The lowest BCUT2D eigenvalue weighted by atomic mass is 10.1. The highest BCUT2D eigenvalue weighted by atomic mass is 19.1. The molecule has 34 heavy (non-hydrogen) atoms. The minimum absolute atomic E-state index is 0.0974. The molecule has 1 saturated heterocycles. The van der Waals surface area contributed by atoms with Gasteiger partial charge in [0, 0.05) is 32.1 Å². The molecule has 1 aliphatic carbocycles. The van der Waals surface area contributed by atoms with Crippen molar-refractivity contribution in [3.63, 3.8) is 0 Å². The minimum Gasteiger partial charge on any atom is -0.339 e. The van der Waals surface area contributed by atoms with Crippen LogP contribution in [0, 0.1) is 17.6 Å². The third kappa shape index (κ3) is 4.00. The van der Waals surface area contributed by atoms with Crippen LogP contribution in [0.3, 0.4) is 0 Å². The summed E-state index contributed by atoms with van der Waals surface area (Å²) >= 11 is 0. The van der Waals surface area contributed by atoms with Gasteiger partial charge in [0.2, 0.25) is 5.91 Å². The summed E-state index contributed by atoms with van der Waals surface area (Å²) < 4.78 is 30.0. The Morgan fingerprint density at radius 2 is 1.65 bits per heavy atom. The number of hydrogen-bond acceptors (Lipinski definition) is 4. The van der Waals surface area contributed by atoms with Crippen molar-refractivity contribution in [2.75, 3.05) is 26.2 Å². The van der Waals surface area contributed by atoms with Crippen LogP contribution in [0.25, 0.3) is 10.9 Å². The molecule has 0 unspecified atom stereocenters. The standard InChI is InChI=1S/C24H22F2N4O4/c25-17-7-4-14(13-30-19-3-1-2-18(26)20(19)21(31)27-24(30)34)12-16(17)23(33)29-10-8-28(9-11-29)22(32)15-5-6-15/h1-4,7,12,15H,5-6,8-11,13H2,(H,27,31,34). The van der Waals surface area contributed by atoms with Crippen molar-refractivity contribution in [1.29, 1.82) is 0 Å². The van der Waals surface area contributed by atoms with Crippen molar-refractivity contribution >= 4 is 22.7 Å². The topological polar surface area (TPSA) is 95.5 Å². The van der Waals surface area contributed by atoms with E-state index in [4.69, 9.17) is 0 Å². The first kappa shape index (κ1) is 22.0. The Hall–Kier alpha value is -3.82. The van der Waals surface area contributed by atoms with Gasteiger partial charge in [-0.05, 0) is 42.7 Å². The summed E-state index contributed by atoms with van der Waals surface area (Å²) in [5.41, 5.74) is -1.18. The van der Waals surface area contributed by atoms with Gasteiger partial charge < -0.3 is 9.80 Å². The molecule has 2 aromatic carbocycles. The molecular formula is C24H22F2N4O4. The van der Waals surface area contributed by atoms with E-state index in [2.05, 4.69) is 4.98 Å². The first-order chi connectivity index (χ1) is 16.3. The van der Waals surface area contributed by atoms with Crippen molar-refractivity contribution in [3.8, 4) is 0 Å². The van der Waals surface area contributed by atoms with Gasteiger partial charge in [0.15, 0.2) is 0 Å². The third-order valence-electron chi connectivity index (χ3n) is 6.38. The summed E-state index contributed by atoms with van der Waals surface area (Å²) in [6.07, 6.45) is 1.83. The lowest BCUT2D eigenvalue weighted by Gasteiger charge is -2.35. The number of fused-ring (bicyclic) bond motifs is 1. The van der Waals surface area contributed by atoms with Crippen molar-refractivity contribution in [2.24, 2.45) is 5.92 Å². The molecule has 0 bridgehead atoms. The Bertz CT molecular complexity index is 1420. The smallest absolute Gasteiger partial charge is 0.329 e. The van der Waals surface area contributed by atoms with Crippen LogP contribution in [-0.4, -0.2) is 57.3 Å². The monoisotopic (exact) mass is 468 g/mol. The molecule has 10 heteroatoms. The zero-order valence-corrected chi connectivity index (χ0v) is 18.2. The van der Waals surface area contributed by atoms with Gasteiger partial charge in [-0.2, -0.15) is 0 Å². The first-order valence-corrected chi connectivity index (χ1v) is 11.1. The van der Waals surface area contributed by atoms with Crippen LogP contribution in [0.2, 0.25) is 0 Å². The van der Waals surface area contributed by atoms with E-state index in [1.54, 1.807) is 4.90 Å². The van der Waals surface area contributed by atoms with Gasteiger partial charge in [-0.3, -0.25) is 23.9 Å². The fourth-order valence-electron chi connectivity index (χ4n) is 4.36. The van der Waals surface area contributed by atoms with Gasteiger partial charge in [0.1, 0.15) is 11.6 Å². The second kappa shape index (κ2) is 8.51. The Morgan fingerprint density at radius 3 is 2.35 bits per heavy atom. The highest BCUT2D eigenvalue weighted by molar-refractivity contribution is 5.95. The molecule has 1 aromatic heterocycles. The zero-order valence-electron chi connectivity index (χ0n) is 18.2. The van der Waals surface area contributed by atoms with Gasteiger partial charge in [-0.1, -0.05) is 12.1 Å². The van der Waals surface area contributed by atoms with Crippen LogP contribution in [0.4, 0.5) is 8.78 Å². The van der Waals surface area contributed by atoms with Gasteiger partial charge in [-0.25, -0.2) is 13.6 Å². The predicted octanol–water partition coefficient (Wildman–Crippen LogP) is 1.71. The van der Waals surface area contributed by atoms with E-state index in [-0.39, 0.29) is 34.8 Å². The molecular weight excluding hydrogens is 446 g/mol. The Balaban J connectivity index is 1.39. The maximum Gasteiger partial charge on any atom is 0.329 e. The van der Waals surface area contributed by atoms with E-state index in [9.17, 15) is 28.0 Å². The van der Waals surface area contributed by atoms with Crippen LogP contribution in [0.15, 0.2) is 46.0 Å². The molecule has 0 atom stereocenters. The van der Waals surface area contributed by atoms with Crippen LogP contribution in [0.5, 0.6) is 0 Å². The van der Waals surface area contributed by atoms with E-state index in [1.807, 2.05) is 0 Å². The van der Waals surface area contributed by atoms with E-state index in [0.29, 0.717) is 31.7 Å². The van der Waals surface area contributed by atoms with E-state index >= 15 is 0 Å². The molecule has 1 aliphatic heterocycles. The molecule has 5 rings (SSSR count). The molecule has 2 fully saturated rings. The number of rotatable bonds is 4. The van der Waals surface area contributed by atoms with Gasteiger partial charge in [-0.15, -0.1) is 0 Å². The fraction of sp³-hybridized carbons (Fsp3) is 0.333. The summed E-state index contributed by atoms with van der Waals surface area (Å²) in [5, 5.41) is -0.251. The molecule has 8 nitrogen and oxygen atoms in total. The zero-order chi connectivity index (χ0) is 24.0. The van der Waals surface area contributed by atoms with Crippen LogP contribution in [-0.2, 0) is 11.3 Å². The van der Waals surface area contributed by atoms with E-state index < -0.39 is 28.8 Å². The van der Waals surface area contributed by atoms with E-state index in [1.165, 1.54) is 33.7 Å². The highest BCUT2D eigenvalue weighted by Crippen LogP contribution is 2.31. The second-order valence-electron chi connectivity index (χ2n) is 8.69.